The van der Waals surface area contributed by atoms with Gasteiger partial charge in [0.25, 0.3) is 6.29 Å². The van der Waals surface area contributed by atoms with Crippen molar-refractivity contribution in [3.8, 4) is 5.75 Å². The first-order chi connectivity index (χ1) is 7.17. The first kappa shape index (κ1) is 11.4. The van der Waals surface area contributed by atoms with Gasteiger partial charge in [-0.15, -0.1) is 0 Å². The van der Waals surface area contributed by atoms with Crippen molar-refractivity contribution in [2.45, 2.75) is 26.4 Å². The molecule has 0 aliphatic heterocycles. The molecule has 1 unspecified atom stereocenters. The number of carbonyl (C=O) groups is 1. The highest BCUT2D eigenvalue weighted by molar-refractivity contribution is 6.33. The lowest BCUT2D eigenvalue weighted by molar-refractivity contribution is 0.106. The van der Waals surface area contributed by atoms with Crippen LogP contribution < -0.4 is 4.74 Å². The fourth-order valence-electron chi connectivity index (χ4n) is 1.06. The molecule has 1 radical (unpaired) electrons. The summed E-state index contributed by atoms with van der Waals surface area (Å²) in [5.74, 6) is 0.0666. The summed E-state index contributed by atoms with van der Waals surface area (Å²) in [4.78, 5) is 21.0. The zero-order valence-electron chi connectivity index (χ0n) is 8.82. The summed E-state index contributed by atoms with van der Waals surface area (Å²) in [5, 5.41) is 0. The Balaban J connectivity index is 2.72. The molecular formula is C12H13O3. The maximum Gasteiger partial charge on any atom is 0.277 e. The number of hydrogen-bond donors (Lipinski definition) is 0. The Morgan fingerprint density at radius 2 is 2.00 bits per heavy atom. The monoisotopic (exact) mass is 205 g/mol. The standard InChI is InChI=1S/C12H13O3/c1-3-9(2)15-11-6-4-10(5-7-11)12(14)8-13/h4-7,9H,3H2,1-2H3. The first-order valence-corrected chi connectivity index (χ1v) is 4.86. The van der Waals surface area contributed by atoms with E-state index in [4.69, 9.17) is 4.74 Å². The van der Waals surface area contributed by atoms with E-state index < -0.39 is 5.78 Å². The number of benzene rings is 1. The maximum atomic E-state index is 10.9. The van der Waals surface area contributed by atoms with Gasteiger partial charge in [-0.1, -0.05) is 6.92 Å². The second-order valence-electron chi connectivity index (χ2n) is 3.29. The van der Waals surface area contributed by atoms with Gasteiger partial charge in [-0.3, -0.25) is 9.59 Å². The summed E-state index contributed by atoms with van der Waals surface area (Å²) in [6.45, 7) is 4.00. The van der Waals surface area contributed by atoms with Gasteiger partial charge in [-0.05, 0) is 37.6 Å². The molecule has 1 atom stereocenters. The summed E-state index contributed by atoms with van der Waals surface area (Å²) < 4.78 is 5.52. The molecule has 0 aromatic heterocycles. The molecule has 0 N–H and O–H groups in total. The number of hydrogen-bond acceptors (Lipinski definition) is 3. The van der Waals surface area contributed by atoms with Crippen molar-refractivity contribution in [3.05, 3.63) is 29.8 Å². The van der Waals surface area contributed by atoms with E-state index in [1.54, 1.807) is 24.3 Å². The lowest BCUT2D eigenvalue weighted by Crippen LogP contribution is -2.09. The summed E-state index contributed by atoms with van der Waals surface area (Å²) in [6, 6.07) is 6.48. The van der Waals surface area contributed by atoms with E-state index in [0.29, 0.717) is 11.3 Å². The minimum Gasteiger partial charge on any atom is -0.491 e. The largest absolute Gasteiger partial charge is 0.491 e. The van der Waals surface area contributed by atoms with Gasteiger partial charge in [0, 0.05) is 5.56 Å². The Morgan fingerprint density at radius 1 is 1.40 bits per heavy atom. The minimum atomic E-state index is -0.634. The van der Waals surface area contributed by atoms with Gasteiger partial charge < -0.3 is 4.74 Å². The molecule has 3 heteroatoms. The second kappa shape index (κ2) is 5.29. The zero-order chi connectivity index (χ0) is 11.3. The van der Waals surface area contributed by atoms with Crippen LogP contribution in [0.1, 0.15) is 30.6 Å². The molecule has 0 saturated carbocycles. The molecule has 1 rings (SSSR count). The predicted molar refractivity (Wildman–Crippen MR) is 56.8 cm³/mol. The van der Waals surface area contributed by atoms with Crippen molar-refractivity contribution >= 4 is 12.1 Å². The average molecular weight is 205 g/mol. The molecule has 0 bridgehead atoms. The van der Waals surface area contributed by atoms with Crippen molar-refractivity contribution in [1.82, 2.24) is 0 Å². The summed E-state index contributed by atoms with van der Waals surface area (Å²) in [5.41, 5.74) is 0.335. The lowest BCUT2D eigenvalue weighted by atomic mass is 10.1. The third-order valence-electron chi connectivity index (χ3n) is 2.12. The van der Waals surface area contributed by atoms with Crippen molar-refractivity contribution in [2.24, 2.45) is 0 Å². The second-order valence-corrected chi connectivity index (χ2v) is 3.29. The number of ether oxygens (including phenoxy) is 1. The van der Waals surface area contributed by atoms with E-state index in [1.165, 1.54) is 6.29 Å². The molecular weight excluding hydrogens is 192 g/mol. The zero-order valence-corrected chi connectivity index (χ0v) is 8.82. The van der Waals surface area contributed by atoms with Gasteiger partial charge in [0.2, 0.25) is 5.78 Å². The van der Waals surface area contributed by atoms with Crippen LogP contribution in [0.25, 0.3) is 0 Å². The minimum absolute atomic E-state index is 0.143. The Morgan fingerprint density at radius 3 is 2.47 bits per heavy atom. The van der Waals surface area contributed by atoms with E-state index in [1.807, 2.05) is 13.8 Å². The molecule has 0 heterocycles. The molecule has 0 spiro atoms. The van der Waals surface area contributed by atoms with Crippen molar-refractivity contribution in [1.29, 1.82) is 0 Å². The smallest absolute Gasteiger partial charge is 0.277 e. The Bertz CT molecular complexity index is 340. The van der Waals surface area contributed by atoms with E-state index in [2.05, 4.69) is 0 Å². The quantitative estimate of drug-likeness (QED) is 0.546. The van der Waals surface area contributed by atoms with Gasteiger partial charge in [0.05, 0.1) is 6.10 Å². The fourth-order valence-corrected chi connectivity index (χ4v) is 1.06. The summed E-state index contributed by atoms with van der Waals surface area (Å²) in [7, 11) is 0. The summed E-state index contributed by atoms with van der Waals surface area (Å²) in [6.07, 6.45) is 2.39. The highest BCUT2D eigenvalue weighted by Crippen LogP contribution is 2.14. The van der Waals surface area contributed by atoms with Crippen LogP contribution in [0.3, 0.4) is 0 Å². The van der Waals surface area contributed by atoms with Gasteiger partial charge in [-0.2, -0.15) is 0 Å². The van der Waals surface area contributed by atoms with Crippen LogP contribution in [-0.2, 0) is 4.79 Å². The van der Waals surface area contributed by atoms with E-state index >= 15 is 0 Å². The van der Waals surface area contributed by atoms with Crippen LogP contribution in [0.15, 0.2) is 24.3 Å². The number of Topliss-reactive ketones (excluding diaryl/α,β-unsaturated/α-hetero) is 1. The van der Waals surface area contributed by atoms with Crippen molar-refractivity contribution < 1.29 is 14.3 Å². The maximum absolute atomic E-state index is 10.9. The Labute approximate surface area is 89.1 Å². The van der Waals surface area contributed by atoms with Gasteiger partial charge in [-0.25, -0.2) is 0 Å². The molecule has 0 saturated heterocycles. The predicted octanol–water partition coefficient (Wildman–Crippen LogP) is 2.16. The van der Waals surface area contributed by atoms with E-state index in [0.717, 1.165) is 6.42 Å². The molecule has 0 fully saturated rings. The highest BCUT2D eigenvalue weighted by Gasteiger charge is 2.05. The van der Waals surface area contributed by atoms with Crippen molar-refractivity contribution in [3.63, 3.8) is 0 Å². The third-order valence-corrected chi connectivity index (χ3v) is 2.12. The van der Waals surface area contributed by atoms with E-state index in [9.17, 15) is 9.59 Å². The Hall–Kier alpha value is -1.64. The molecule has 0 aliphatic carbocycles. The van der Waals surface area contributed by atoms with E-state index in [-0.39, 0.29) is 6.10 Å². The number of ketones is 1. The van der Waals surface area contributed by atoms with Crippen molar-refractivity contribution in [2.75, 3.05) is 0 Å². The topological polar surface area (TPSA) is 43.4 Å². The number of carbonyl (C=O) groups excluding carboxylic acids is 2. The van der Waals surface area contributed by atoms with Crippen LogP contribution in [0, 0.1) is 0 Å². The van der Waals surface area contributed by atoms with Gasteiger partial charge in [0.15, 0.2) is 0 Å². The van der Waals surface area contributed by atoms with Crippen LogP contribution in [-0.4, -0.2) is 18.2 Å². The SMILES string of the molecule is CCC(C)Oc1ccc(C(=O)[C]=O)cc1. The first-order valence-electron chi connectivity index (χ1n) is 4.86. The summed E-state index contributed by atoms with van der Waals surface area (Å²) >= 11 is 0. The molecule has 1 aromatic carbocycles. The van der Waals surface area contributed by atoms with Crippen LogP contribution in [0.4, 0.5) is 0 Å². The normalized spacial score (nSPS) is 11.9. The highest BCUT2D eigenvalue weighted by atomic mass is 16.5. The molecule has 0 amide bonds. The van der Waals surface area contributed by atoms with Crippen LogP contribution >= 0.6 is 0 Å². The Kier molecular flexibility index (Phi) is 4.03. The van der Waals surface area contributed by atoms with Gasteiger partial charge >= 0.3 is 0 Å². The number of rotatable bonds is 5. The molecule has 3 nitrogen and oxygen atoms in total. The molecule has 15 heavy (non-hydrogen) atoms. The molecule has 1 aromatic rings. The molecule has 79 valence electrons. The average Bonchev–Trinajstić information content (AvgIpc) is 2.29. The van der Waals surface area contributed by atoms with Crippen LogP contribution in [0.2, 0.25) is 0 Å². The third kappa shape index (κ3) is 3.20. The van der Waals surface area contributed by atoms with Gasteiger partial charge in [0.1, 0.15) is 5.75 Å². The van der Waals surface area contributed by atoms with Crippen LogP contribution in [0.5, 0.6) is 5.75 Å². The fraction of sp³-hybridized carbons (Fsp3) is 0.333. The lowest BCUT2D eigenvalue weighted by Gasteiger charge is -2.12. The molecule has 0 aliphatic rings.